The number of carbonyl (C=O) groups excluding carboxylic acids is 1. The molecule has 3 nitrogen and oxygen atoms in total. The van der Waals surface area contributed by atoms with Crippen LogP contribution in [0.25, 0.3) is 0 Å². The molecule has 0 spiro atoms. The quantitative estimate of drug-likeness (QED) is 0.781. The zero-order valence-corrected chi connectivity index (χ0v) is 12.5. The topological polar surface area (TPSA) is 40.5 Å². The monoisotopic (exact) mass is 359 g/mol. The lowest BCUT2D eigenvalue weighted by molar-refractivity contribution is 0.0742. The van der Waals surface area contributed by atoms with E-state index in [0.29, 0.717) is 5.56 Å². The fourth-order valence-corrected chi connectivity index (χ4v) is 2.61. The number of phenolic OH excluding ortho intramolecular Hbond substituents is 1. The Morgan fingerprint density at radius 1 is 1.11 bits per heavy atom. The van der Waals surface area contributed by atoms with Crippen LogP contribution in [0, 0.1) is 3.57 Å². The molecular weight excluding hydrogens is 341 g/mol. The number of rotatable bonds is 1. The van der Waals surface area contributed by atoms with Crippen LogP contribution in [-0.2, 0) is 0 Å². The van der Waals surface area contributed by atoms with Crippen molar-refractivity contribution in [2.75, 3.05) is 13.1 Å². The normalized spacial score (nSPS) is 17.1. The van der Waals surface area contributed by atoms with Crippen molar-refractivity contribution in [1.29, 1.82) is 0 Å². The molecule has 1 aromatic rings. The lowest BCUT2D eigenvalue weighted by Crippen LogP contribution is -2.33. The molecule has 0 saturated carbocycles. The number of hydrogen-bond donors (Lipinski definition) is 1. The fraction of sp³-hybridized carbons (Fsp3) is 0.500. The summed E-state index contributed by atoms with van der Waals surface area (Å²) < 4.78 is 0.775. The summed E-state index contributed by atoms with van der Waals surface area (Å²) in [5, 5.41) is 9.67. The van der Waals surface area contributed by atoms with E-state index in [9.17, 15) is 9.90 Å². The Labute approximate surface area is 121 Å². The molecule has 0 aromatic heterocycles. The number of hydrogen-bond acceptors (Lipinski definition) is 2. The van der Waals surface area contributed by atoms with Gasteiger partial charge in [0.05, 0.1) is 3.57 Å². The van der Waals surface area contributed by atoms with Gasteiger partial charge in [0.25, 0.3) is 5.91 Å². The number of benzene rings is 1. The van der Waals surface area contributed by atoms with E-state index in [0.717, 1.165) is 29.5 Å². The average Bonchev–Trinajstić information content (AvgIpc) is 2.31. The zero-order valence-electron chi connectivity index (χ0n) is 10.4. The number of nitrogens with zero attached hydrogens (tertiary/aromatic N) is 1. The lowest BCUT2D eigenvalue weighted by Gasteiger charge is -2.25. The van der Waals surface area contributed by atoms with Crippen LogP contribution >= 0.6 is 22.6 Å². The molecule has 0 bridgehead atoms. The molecular formula is C14H18INO2. The first-order valence-corrected chi connectivity index (χ1v) is 7.54. The van der Waals surface area contributed by atoms with Crippen molar-refractivity contribution in [3.63, 3.8) is 0 Å². The number of aromatic hydroxyl groups is 1. The van der Waals surface area contributed by atoms with Gasteiger partial charge >= 0.3 is 0 Å². The van der Waals surface area contributed by atoms with Gasteiger partial charge in [-0.25, -0.2) is 0 Å². The number of phenols is 1. The first-order valence-electron chi connectivity index (χ1n) is 6.46. The maximum absolute atomic E-state index is 12.3. The van der Waals surface area contributed by atoms with Gasteiger partial charge in [-0.3, -0.25) is 4.79 Å². The predicted octanol–water partition coefficient (Wildman–Crippen LogP) is 3.40. The number of halogens is 1. The van der Waals surface area contributed by atoms with Crippen molar-refractivity contribution in [2.24, 2.45) is 0 Å². The summed E-state index contributed by atoms with van der Waals surface area (Å²) in [7, 11) is 0. The Kier molecular flexibility index (Phi) is 4.86. The van der Waals surface area contributed by atoms with E-state index < -0.39 is 0 Å². The van der Waals surface area contributed by atoms with Crippen LogP contribution in [-0.4, -0.2) is 29.0 Å². The second-order valence-corrected chi connectivity index (χ2v) is 5.89. The van der Waals surface area contributed by atoms with Gasteiger partial charge in [0, 0.05) is 18.7 Å². The summed E-state index contributed by atoms with van der Waals surface area (Å²) in [4.78, 5) is 14.3. The van der Waals surface area contributed by atoms with Crippen molar-refractivity contribution >= 4 is 28.5 Å². The second kappa shape index (κ2) is 6.41. The number of carbonyl (C=O) groups is 1. The molecule has 0 aliphatic carbocycles. The van der Waals surface area contributed by atoms with Crippen LogP contribution in [0.2, 0.25) is 0 Å². The fourth-order valence-electron chi connectivity index (χ4n) is 2.28. The summed E-state index contributed by atoms with van der Waals surface area (Å²) in [6.45, 7) is 1.68. The minimum absolute atomic E-state index is 0.0450. The van der Waals surface area contributed by atoms with E-state index in [1.165, 1.54) is 19.3 Å². The Morgan fingerprint density at radius 2 is 1.72 bits per heavy atom. The Bertz CT molecular complexity index is 426. The van der Waals surface area contributed by atoms with E-state index in [1.54, 1.807) is 18.2 Å². The van der Waals surface area contributed by atoms with E-state index in [2.05, 4.69) is 22.6 Å². The molecule has 1 amide bonds. The van der Waals surface area contributed by atoms with E-state index in [1.807, 2.05) is 4.90 Å². The second-order valence-electron chi connectivity index (χ2n) is 4.73. The minimum Gasteiger partial charge on any atom is -0.507 e. The maximum atomic E-state index is 12.3. The molecule has 18 heavy (non-hydrogen) atoms. The van der Waals surface area contributed by atoms with Gasteiger partial charge in [-0.15, -0.1) is 0 Å². The number of amides is 1. The third kappa shape index (κ3) is 3.37. The zero-order chi connectivity index (χ0) is 13.0. The van der Waals surface area contributed by atoms with Gasteiger partial charge in [0.2, 0.25) is 0 Å². The first kappa shape index (κ1) is 13.6. The highest BCUT2D eigenvalue weighted by molar-refractivity contribution is 14.1. The Balaban J connectivity index is 2.10. The highest BCUT2D eigenvalue weighted by Gasteiger charge is 2.17. The van der Waals surface area contributed by atoms with E-state index in [4.69, 9.17) is 0 Å². The lowest BCUT2D eigenvalue weighted by atomic mass is 10.1. The van der Waals surface area contributed by atoms with Crippen molar-refractivity contribution in [1.82, 2.24) is 4.90 Å². The van der Waals surface area contributed by atoms with Crippen molar-refractivity contribution in [3.8, 4) is 5.75 Å². The molecule has 1 aliphatic rings. The number of likely N-dealkylation sites (tertiary alicyclic amines) is 1. The van der Waals surface area contributed by atoms with Gasteiger partial charge in [0.1, 0.15) is 5.75 Å². The largest absolute Gasteiger partial charge is 0.507 e. The molecule has 1 fully saturated rings. The molecule has 1 N–H and O–H groups in total. The molecule has 1 saturated heterocycles. The Morgan fingerprint density at radius 3 is 2.33 bits per heavy atom. The van der Waals surface area contributed by atoms with Crippen LogP contribution in [0.15, 0.2) is 18.2 Å². The third-order valence-corrected chi connectivity index (χ3v) is 4.25. The molecule has 0 unspecified atom stereocenters. The van der Waals surface area contributed by atoms with Gasteiger partial charge in [-0.05, 0) is 53.6 Å². The minimum atomic E-state index is 0.0450. The third-order valence-electron chi connectivity index (χ3n) is 3.34. The first-order chi connectivity index (χ1) is 8.68. The molecule has 1 aromatic carbocycles. The van der Waals surface area contributed by atoms with Crippen LogP contribution in [0.5, 0.6) is 5.75 Å². The predicted molar refractivity (Wildman–Crippen MR) is 79.8 cm³/mol. The van der Waals surface area contributed by atoms with Crippen molar-refractivity contribution in [3.05, 3.63) is 27.3 Å². The van der Waals surface area contributed by atoms with E-state index in [-0.39, 0.29) is 11.7 Å². The van der Waals surface area contributed by atoms with Crippen LogP contribution in [0.1, 0.15) is 42.5 Å². The average molecular weight is 359 g/mol. The van der Waals surface area contributed by atoms with Crippen LogP contribution in [0.4, 0.5) is 0 Å². The SMILES string of the molecule is O=C(c1ccc(I)c(O)c1)N1CCCCCCC1. The standard InChI is InChI=1S/C14H18INO2/c15-12-7-6-11(10-13(12)17)14(18)16-8-4-2-1-3-5-9-16/h6-7,10,17H,1-5,8-9H2. The highest BCUT2D eigenvalue weighted by Crippen LogP contribution is 2.22. The van der Waals surface area contributed by atoms with Crippen molar-refractivity contribution in [2.45, 2.75) is 32.1 Å². The molecule has 2 rings (SSSR count). The van der Waals surface area contributed by atoms with Gasteiger partial charge in [0.15, 0.2) is 0 Å². The van der Waals surface area contributed by atoms with Gasteiger partial charge in [-0.1, -0.05) is 19.3 Å². The molecule has 0 atom stereocenters. The van der Waals surface area contributed by atoms with Crippen LogP contribution < -0.4 is 0 Å². The molecule has 4 heteroatoms. The summed E-state index contributed by atoms with van der Waals surface area (Å²) in [5.74, 6) is 0.233. The molecule has 0 radical (unpaired) electrons. The molecule has 1 heterocycles. The van der Waals surface area contributed by atoms with Gasteiger partial charge < -0.3 is 10.0 Å². The summed E-state index contributed by atoms with van der Waals surface area (Å²) in [6, 6.07) is 5.15. The smallest absolute Gasteiger partial charge is 0.253 e. The van der Waals surface area contributed by atoms with Crippen molar-refractivity contribution < 1.29 is 9.90 Å². The Hall–Kier alpha value is -0.780. The summed E-state index contributed by atoms with van der Waals surface area (Å²) >= 11 is 2.06. The highest BCUT2D eigenvalue weighted by atomic mass is 127. The maximum Gasteiger partial charge on any atom is 0.253 e. The summed E-state index contributed by atoms with van der Waals surface area (Å²) in [5.41, 5.74) is 0.591. The summed E-state index contributed by atoms with van der Waals surface area (Å²) in [6.07, 6.45) is 5.87. The van der Waals surface area contributed by atoms with Gasteiger partial charge in [-0.2, -0.15) is 0 Å². The molecule has 98 valence electrons. The van der Waals surface area contributed by atoms with Crippen LogP contribution in [0.3, 0.4) is 0 Å². The van der Waals surface area contributed by atoms with E-state index >= 15 is 0 Å². The molecule has 1 aliphatic heterocycles.